The number of ether oxygens (including phenoxy) is 3. The van der Waals surface area contributed by atoms with Gasteiger partial charge in [-0.15, -0.1) is 0 Å². The van der Waals surface area contributed by atoms with Crippen molar-refractivity contribution in [2.75, 3.05) is 6.61 Å². The lowest BCUT2D eigenvalue weighted by molar-refractivity contribution is -0.191. The Morgan fingerprint density at radius 1 is 0.315 bits per heavy atom. The van der Waals surface area contributed by atoms with Crippen LogP contribution in [0.25, 0.3) is 0 Å². The van der Waals surface area contributed by atoms with Gasteiger partial charge in [-0.05, 0) is 19.3 Å². The number of carbonyl (C=O) groups is 3. The summed E-state index contributed by atoms with van der Waals surface area (Å²) in [6, 6.07) is 0. The van der Waals surface area contributed by atoms with Crippen LogP contribution in [0, 0.1) is 0 Å². The fourth-order valence-electron chi connectivity index (χ4n) is 7.23. The zero-order chi connectivity index (χ0) is 39.4. The third-order valence-electron chi connectivity index (χ3n) is 10.8. The van der Waals surface area contributed by atoms with E-state index in [1.807, 2.05) is 0 Å². The number of rotatable bonds is 44. The molecule has 6 nitrogen and oxygen atoms in total. The molecule has 0 fully saturated rings. The molecule has 0 saturated heterocycles. The fraction of sp³-hybridized carbons (Fsp3) is 0.938. The molecule has 320 valence electrons. The first-order valence-corrected chi connectivity index (χ1v) is 24.1. The van der Waals surface area contributed by atoms with E-state index in [9.17, 15) is 14.4 Å². The summed E-state index contributed by atoms with van der Waals surface area (Å²) < 4.78 is 16.7. The summed E-state index contributed by atoms with van der Waals surface area (Å²) in [6.45, 7) is 6.86. The predicted octanol–water partition coefficient (Wildman–Crippen LogP) is 15.6. The van der Waals surface area contributed by atoms with E-state index in [0.717, 1.165) is 57.8 Å². The van der Waals surface area contributed by atoms with E-state index in [0.29, 0.717) is 19.3 Å². The Balaban J connectivity index is 4.31. The number of unbranched alkanes of at least 4 members (excludes halogenated alkanes) is 33. The van der Waals surface area contributed by atoms with Crippen molar-refractivity contribution in [3.05, 3.63) is 0 Å². The Kier molecular flexibility index (Phi) is 42.8. The van der Waals surface area contributed by atoms with Crippen LogP contribution in [0.15, 0.2) is 0 Å². The van der Waals surface area contributed by atoms with Gasteiger partial charge in [0.05, 0.1) is 13.0 Å². The van der Waals surface area contributed by atoms with Gasteiger partial charge in [-0.3, -0.25) is 14.4 Å². The van der Waals surface area contributed by atoms with Crippen LogP contribution in [-0.2, 0) is 28.6 Å². The molecular formula is C48H92O6. The Morgan fingerprint density at radius 2 is 0.537 bits per heavy atom. The molecule has 0 N–H and O–H groups in total. The largest absolute Gasteiger partial charge is 0.465 e. The molecule has 0 atom stereocenters. The molecule has 6 heteroatoms. The van der Waals surface area contributed by atoms with Crippen LogP contribution in [0.1, 0.15) is 278 Å². The van der Waals surface area contributed by atoms with E-state index >= 15 is 0 Å². The summed E-state index contributed by atoms with van der Waals surface area (Å²) in [5, 5.41) is 0. The fourth-order valence-corrected chi connectivity index (χ4v) is 7.23. The van der Waals surface area contributed by atoms with Gasteiger partial charge in [0.15, 0.2) is 0 Å². The second-order valence-corrected chi connectivity index (χ2v) is 16.3. The second-order valence-electron chi connectivity index (χ2n) is 16.3. The number of carbonyl (C=O) groups excluding carboxylic acids is 3. The molecule has 0 aliphatic heterocycles. The van der Waals surface area contributed by atoms with Crippen LogP contribution >= 0.6 is 0 Å². The third kappa shape index (κ3) is 41.6. The molecule has 0 aromatic rings. The van der Waals surface area contributed by atoms with Gasteiger partial charge >= 0.3 is 17.9 Å². The van der Waals surface area contributed by atoms with Gasteiger partial charge in [-0.2, -0.15) is 0 Å². The molecule has 0 spiro atoms. The Labute approximate surface area is 336 Å². The first kappa shape index (κ1) is 52.4. The summed E-state index contributed by atoms with van der Waals surface area (Å²) in [4.78, 5) is 37.8. The lowest BCUT2D eigenvalue weighted by Gasteiger charge is -2.18. The van der Waals surface area contributed by atoms with Gasteiger partial charge < -0.3 is 14.2 Å². The van der Waals surface area contributed by atoms with Crippen molar-refractivity contribution in [3.63, 3.8) is 0 Å². The molecule has 0 saturated carbocycles. The van der Waals surface area contributed by atoms with Crippen molar-refractivity contribution in [2.45, 2.75) is 284 Å². The maximum Gasteiger partial charge on any atom is 0.308 e. The molecule has 0 aromatic carbocycles. The van der Waals surface area contributed by atoms with E-state index in [1.54, 1.807) is 0 Å². The molecular weight excluding hydrogens is 673 g/mol. The average molecular weight is 765 g/mol. The summed E-state index contributed by atoms with van der Waals surface area (Å²) in [5.74, 6) is -0.910. The molecule has 0 unspecified atom stereocenters. The summed E-state index contributed by atoms with van der Waals surface area (Å²) >= 11 is 0. The molecule has 0 aliphatic carbocycles. The zero-order valence-corrected chi connectivity index (χ0v) is 36.5. The van der Waals surface area contributed by atoms with E-state index < -0.39 is 6.29 Å². The maximum atomic E-state index is 12.7. The number of esters is 3. The average Bonchev–Trinajstić information content (AvgIpc) is 3.16. The van der Waals surface area contributed by atoms with Crippen molar-refractivity contribution in [1.29, 1.82) is 0 Å². The van der Waals surface area contributed by atoms with Crippen LogP contribution < -0.4 is 0 Å². The molecule has 54 heavy (non-hydrogen) atoms. The zero-order valence-electron chi connectivity index (χ0n) is 36.5. The van der Waals surface area contributed by atoms with Gasteiger partial charge in [0.2, 0.25) is 0 Å². The minimum absolute atomic E-state index is 0.0829. The summed E-state index contributed by atoms with van der Waals surface area (Å²) in [5.41, 5.74) is 0. The summed E-state index contributed by atoms with van der Waals surface area (Å²) in [6.07, 6.45) is 44.9. The smallest absolute Gasteiger partial charge is 0.308 e. The van der Waals surface area contributed by atoms with Crippen LogP contribution in [0.5, 0.6) is 0 Å². The normalized spacial score (nSPS) is 11.3. The SMILES string of the molecule is CCCCCCCCCCCCCCC(=O)OCCC(OC(=O)CCCCCCCCCCCCCC)OC(=O)CCCCCCCCCCCCCC. The van der Waals surface area contributed by atoms with Crippen LogP contribution in [0.4, 0.5) is 0 Å². The molecule has 0 radical (unpaired) electrons. The van der Waals surface area contributed by atoms with Gasteiger partial charge in [0, 0.05) is 19.3 Å². The van der Waals surface area contributed by atoms with Crippen LogP contribution in [-0.4, -0.2) is 30.8 Å². The first-order chi connectivity index (χ1) is 26.5. The van der Waals surface area contributed by atoms with Crippen molar-refractivity contribution in [1.82, 2.24) is 0 Å². The van der Waals surface area contributed by atoms with E-state index in [2.05, 4.69) is 20.8 Å². The van der Waals surface area contributed by atoms with Crippen molar-refractivity contribution in [3.8, 4) is 0 Å². The highest BCUT2D eigenvalue weighted by Gasteiger charge is 2.20. The molecule has 0 aliphatic rings. The first-order valence-electron chi connectivity index (χ1n) is 24.1. The quantitative estimate of drug-likeness (QED) is 0.0349. The van der Waals surface area contributed by atoms with Crippen molar-refractivity contribution in [2.24, 2.45) is 0 Å². The van der Waals surface area contributed by atoms with E-state index in [-0.39, 0.29) is 30.9 Å². The van der Waals surface area contributed by atoms with Gasteiger partial charge in [0.25, 0.3) is 6.29 Å². The van der Waals surface area contributed by atoms with E-state index in [1.165, 1.54) is 173 Å². The minimum Gasteiger partial charge on any atom is -0.465 e. The van der Waals surface area contributed by atoms with Crippen molar-refractivity contribution >= 4 is 17.9 Å². The highest BCUT2D eigenvalue weighted by atomic mass is 16.7. The molecule has 0 bridgehead atoms. The molecule has 0 amide bonds. The lowest BCUT2D eigenvalue weighted by atomic mass is 10.0. The summed E-state index contributed by atoms with van der Waals surface area (Å²) in [7, 11) is 0. The lowest BCUT2D eigenvalue weighted by Crippen LogP contribution is -2.26. The minimum atomic E-state index is -1.00. The third-order valence-corrected chi connectivity index (χ3v) is 10.8. The highest BCUT2D eigenvalue weighted by Crippen LogP contribution is 2.17. The molecule has 0 heterocycles. The van der Waals surface area contributed by atoms with Gasteiger partial charge in [-0.25, -0.2) is 0 Å². The number of hydrogen-bond donors (Lipinski definition) is 0. The Morgan fingerprint density at radius 3 is 0.796 bits per heavy atom. The topological polar surface area (TPSA) is 78.9 Å². The van der Waals surface area contributed by atoms with Gasteiger partial charge in [0.1, 0.15) is 0 Å². The Bertz CT molecular complexity index is 756. The highest BCUT2D eigenvalue weighted by molar-refractivity contribution is 5.71. The standard InChI is InChI=1S/C48H92O6/c1-4-7-10-13-16-19-22-25-28-31-34-37-40-45(49)52-44-43-48(53-46(50)41-38-35-32-29-26-23-20-17-14-11-8-5-2)54-47(51)42-39-36-33-30-27-24-21-18-15-12-9-6-3/h48H,4-44H2,1-3H3. The monoisotopic (exact) mass is 765 g/mol. The predicted molar refractivity (Wildman–Crippen MR) is 229 cm³/mol. The van der Waals surface area contributed by atoms with E-state index in [4.69, 9.17) is 14.2 Å². The molecule has 0 rings (SSSR count). The maximum absolute atomic E-state index is 12.7. The Hall–Kier alpha value is -1.59. The van der Waals surface area contributed by atoms with Crippen LogP contribution in [0.2, 0.25) is 0 Å². The van der Waals surface area contributed by atoms with Crippen LogP contribution in [0.3, 0.4) is 0 Å². The number of hydrogen-bond acceptors (Lipinski definition) is 6. The van der Waals surface area contributed by atoms with Crippen molar-refractivity contribution < 1.29 is 28.6 Å². The second kappa shape index (κ2) is 44.1. The molecule has 0 aromatic heterocycles. The van der Waals surface area contributed by atoms with Gasteiger partial charge in [-0.1, -0.05) is 233 Å².